The Hall–Kier alpha value is -1.63. The summed E-state index contributed by atoms with van der Waals surface area (Å²) < 4.78 is 4.85. The molecule has 0 saturated carbocycles. The van der Waals surface area contributed by atoms with Crippen LogP contribution in [-0.2, 0) is 9.53 Å². The molecule has 88 valence electrons. The van der Waals surface area contributed by atoms with E-state index >= 15 is 0 Å². The quantitative estimate of drug-likeness (QED) is 0.284. The zero-order valence-corrected chi connectivity index (χ0v) is 9.11. The third-order valence-electron chi connectivity index (χ3n) is 1.18. The number of quaternary nitrogens is 1. The van der Waals surface area contributed by atoms with Crippen molar-refractivity contribution in [3.05, 3.63) is 27.5 Å². The number of carbonyl (C=O) groups excluding carboxylic acids is 1. The lowest BCUT2D eigenvalue weighted by atomic mass is 10.4. The van der Waals surface area contributed by atoms with E-state index in [4.69, 9.17) is 20.1 Å². The highest BCUT2D eigenvalue weighted by Gasteiger charge is 2.02. The van der Waals surface area contributed by atoms with E-state index in [1.54, 1.807) is 6.92 Å². The lowest BCUT2D eigenvalue weighted by Crippen LogP contribution is -3.06. The summed E-state index contributed by atoms with van der Waals surface area (Å²) >= 11 is 0. The average molecular weight is 220 g/mol. The highest BCUT2D eigenvalue weighted by atomic mass is 16.9. The maximum atomic E-state index is 10.8. The lowest BCUT2D eigenvalue weighted by Gasteiger charge is -2.07. The van der Waals surface area contributed by atoms with Crippen molar-refractivity contribution in [2.24, 2.45) is 0 Å². The SMILES string of the molecule is C=C(C)C(=O)OCC[NH+](C)C.O=[N+]([O-])[O-]. The van der Waals surface area contributed by atoms with E-state index in [-0.39, 0.29) is 5.97 Å². The van der Waals surface area contributed by atoms with Gasteiger partial charge in [0.15, 0.2) is 0 Å². The molecule has 7 nitrogen and oxygen atoms in total. The van der Waals surface area contributed by atoms with Crippen LogP contribution < -0.4 is 4.90 Å². The molecule has 0 aromatic carbocycles. The minimum atomic E-state index is -1.75. The molecule has 0 fully saturated rings. The fourth-order valence-corrected chi connectivity index (χ4v) is 0.471. The maximum absolute atomic E-state index is 10.8. The van der Waals surface area contributed by atoms with Gasteiger partial charge in [0.2, 0.25) is 0 Å². The van der Waals surface area contributed by atoms with Crippen LogP contribution in [0.1, 0.15) is 6.92 Å². The van der Waals surface area contributed by atoms with Gasteiger partial charge in [0.25, 0.3) is 0 Å². The number of likely N-dealkylation sites (N-methyl/N-ethyl adjacent to an activating group) is 1. The zero-order chi connectivity index (χ0) is 12.4. The van der Waals surface area contributed by atoms with E-state index < -0.39 is 5.09 Å². The molecule has 7 heteroatoms. The van der Waals surface area contributed by atoms with E-state index in [1.165, 1.54) is 4.90 Å². The van der Waals surface area contributed by atoms with Gasteiger partial charge in [-0.05, 0) is 6.92 Å². The molecule has 0 radical (unpaired) electrons. The molecule has 0 aromatic rings. The van der Waals surface area contributed by atoms with Crippen LogP contribution >= 0.6 is 0 Å². The largest absolute Gasteiger partial charge is 0.456 e. The Balaban J connectivity index is 0. The van der Waals surface area contributed by atoms with Crippen LogP contribution in [0, 0.1) is 15.3 Å². The van der Waals surface area contributed by atoms with Crippen molar-refractivity contribution in [2.75, 3.05) is 27.2 Å². The standard InChI is InChI=1S/C8H15NO2.NO3/c1-7(2)8(10)11-6-5-9(3)4;2-1(3)4/h1,5-6H2,2-4H3;/q;-1/p+1. The van der Waals surface area contributed by atoms with Crippen LogP contribution in [0.25, 0.3) is 0 Å². The van der Waals surface area contributed by atoms with Crippen molar-refractivity contribution in [2.45, 2.75) is 6.92 Å². The van der Waals surface area contributed by atoms with Gasteiger partial charge in [-0.1, -0.05) is 6.58 Å². The van der Waals surface area contributed by atoms with Gasteiger partial charge in [-0.2, -0.15) is 0 Å². The Morgan fingerprint density at radius 1 is 1.47 bits per heavy atom. The van der Waals surface area contributed by atoms with E-state index in [0.29, 0.717) is 12.2 Å². The molecule has 0 spiro atoms. The third-order valence-corrected chi connectivity index (χ3v) is 1.18. The van der Waals surface area contributed by atoms with Crippen LogP contribution in [0.3, 0.4) is 0 Å². The second kappa shape index (κ2) is 8.95. The molecule has 0 aliphatic rings. The van der Waals surface area contributed by atoms with Crippen LogP contribution in [0.4, 0.5) is 0 Å². The molecular weight excluding hydrogens is 204 g/mol. The molecule has 0 aliphatic heterocycles. The van der Waals surface area contributed by atoms with Crippen molar-refractivity contribution in [3.63, 3.8) is 0 Å². The van der Waals surface area contributed by atoms with Crippen LogP contribution in [0.5, 0.6) is 0 Å². The number of carbonyl (C=O) groups is 1. The predicted molar refractivity (Wildman–Crippen MR) is 53.8 cm³/mol. The molecule has 0 heterocycles. The van der Waals surface area contributed by atoms with Gasteiger partial charge in [0.05, 0.1) is 19.2 Å². The first-order valence-corrected chi connectivity index (χ1v) is 4.20. The number of nitrogens with one attached hydrogen (secondary N) is 1. The van der Waals surface area contributed by atoms with Gasteiger partial charge in [0.1, 0.15) is 13.2 Å². The van der Waals surface area contributed by atoms with Crippen LogP contribution in [0.15, 0.2) is 12.2 Å². The maximum Gasteiger partial charge on any atom is 0.333 e. The second-order valence-electron chi connectivity index (χ2n) is 3.10. The van der Waals surface area contributed by atoms with Gasteiger partial charge < -0.3 is 25.0 Å². The number of rotatable bonds is 4. The first kappa shape index (κ1) is 15.8. The van der Waals surface area contributed by atoms with Crippen LogP contribution in [0.2, 0.25) is 0 Å². The Morgan fingerprint density at radius 2 is 1.87 bits per heavy atom. The summed E-state index contributed by atoms with van der Waals surface area (Å²) in [4.78, 5) is 20.3. The summed E-state index contributed by atoms with van der Waals surface area (Å²) in [6.45, 7) is 6.41. The highest BCUT2D eigenvalue weighted by molar-refractivity contribution is 5.86. The molecule has 15 heavy (non-hydrogen) atoms. The van der Waals surface area contributed by atoms with Gasteiger partial charge in [-0.15, -0.1) is 0 Å². The molecular formula is C8H16N2O5. The molecule has 0 bridgehead atoms. The highest BCUT2D eigenvalue weighted by Crippen LogP contribution is 1.89. The molecule has 0 aliphatic carbocycles. The Labute approximate surface area is 88.0 Å². The normalized spacial score (nSPS) is 8.80. The molecule has 0 aromatic heterocycles. The molecule has 0 amide bonds. The van der Waals surface area contributed by atoms with E-state index in [2.05, 4.69) is 6.58 Å². The summed E-state index contributed by atoms with van der Waals surface area (Å²) in [5, 5.41) is 14.8. The monoisotopic (exact) mass is 220 g/mol. The molecule has 1 N–H and O–H groups in total. The van der Waals surface area contributed by atoms with Crippen molar-refractivity contribution in [1.29, 1.82) is 0 Å². The Morgan fingerprint density at radius 3 is 2.13 bits per heavy atom. The molecule has 0 rings (SSSR count). The number of ether oxygens (including phenoxy) is 1. The number of hydrogen-bond acceptors (Lipinski definition) is 5. The predicted octanol–water partition coefficient (Wildman–Crippen LogP) is -0.989. The topological polar surface area (TPSA) is 96.9 Å². The third kappa shape index (κ3) is 19.0. The van der Waals surface area contributed by atoms with E-state index in [0.717, 1.165) is 6.54 Å². The lowest BCUT2D eigenvalue weighted by molar-refractivity contribution is -0.858. The van der Waals surface area contributed by atoms with Crippen molar-refractivity contribution in [1.82, 2.24) is 0 Å². The minimum absolute atomic E-state index is 0.300. The molecule has 0 unspecified atom stereocenters. The summed E-state index contributed by atoms with van der Waals surface area (Å²) in [5.41, 5.74) is 0.457. The molecule has 0 saturated heterocycles. The van der Waals surface area contributed by atoms with Crippen molar-refractivity contribution >= 4 is 5.97 Å². The van der Waals surface area contributed by atoms with E-state index in [9.17, 15) is 4.79 Å². The summed E-state index contributed by atoms with van der Waals surface area (Å²) in [6.07, 6.45) is 0. The average Bonchev–Trinajstić information content (AvgIpc) is 2.01. The summed E-state index contributed by atoms with van der Waals surface area (Å²) in [6, 6.07) is 0. The van der Waals surface area contributed by atoms with Crippen molar-refractivity contribution < 1.29 is 19.5 Å². The van der Waals surface area contributed by atoms with Gasteiger partial charge in [-0.3, -0.25) is 0 Å². The van der Waals surface area contributed by atoms with Gasteiger partial charge in [0, 0.05) is 5.57 Å². The Kier molecular flexibility index (Phi) is 9.44. The Bertz CT molecular complexity index is 223. The minimum Gasteiger partial charge on any atom is -0.456 e. The number of nitrogens with zero attached hydrogens (tertiary/aromatic N) is 1. The first-order valence-electron chi connectivity index (χ1n) is 4.20. The van der Waals surface area contributed by atoms with E-state index in [1.807, 2.05) is 14.1 Å². The van der Waals surface area contributed by atoms with Gasteiger partial charge in [-0.25, -0.2) is 4.79 Å². The smallest absolute Gasteiger partial charge is 0.333 e. The fraction of sp³-hybridized carbons (Fsp3) is 0.625. The first-order chi connectivity index (χ1) is 6.77. The summed E-state index contributed by atoms with van der Waals surface area (Å²) in [5.74, 6) is -0.300. The molecule has 0 atom stereocenters. The van der Waals surface area contributed by atoms with Crippen LogP contribution in [-0.4, -0.2) is 38.3 Å². The van der Waals surface area contributed by atoms with Crippen molar-refractivity contribution in [3.8, 4) is 0 Å². The fourth-order valence-electron chi connectivity index (χ4n) is 0.471. The van der Waals surface area contributed by atoms with Gasteiger partial charge >= 0.3 is 5.97 Å². The zero-order valence-electron chi connectivity index (χ0n) is 9.11. The number of esters is 1. The number of hydrogen-bond donors (Lipinski definition) is 1. The summed E-state index contributed by atoms with van der Waals surface area (Å²) in [7, 11) is 4.02. The second-order valence-corrected chi connectivity index (χ2v) is 3.10.